The van der Waals surface area contributed by atoms with E-state index in [1.54, 1.807) is 0 Å². The molecular formula is C26H28BrOP. The summed E-state index contributed by atoms with van der Waals surface area (Å²) in [5, 5.41) is 14.3. The molecule has 150 valence electrons. The smallest absolute Gasteiger partial charge is 0.136 e. The highest BCUT2D eigenvalue weighted by molar-refractivity contribution is 7.98. The van der Waals surface area contributed by atoms with E-state index in [9.17, 15) is 5.11 Å². The van der Waals surface area contributed by atoms with E-state index in [4.69, 9.17) is 0 Å². The van der Waals surface area contributed by atoms with Gasteiger partial charge in [-0.2, -0.15) is 0 Å². The van der Waals surface area contributed by atoms with Gasteiger partial charge in [0.2, 0.25) is 0 Å². The van der Waals surface area contributed by atoms with Crippen molar-refractivity contribution in [3.63, 3.8) is 0 Å². The Morgan fingerprint density at radius 1 is 0.759 bits per heavy atom. The summed E-state index contributed by atoms with van der Waals surface area (Å²) >= 11 is 0. The van der Waals surface area contributed by atoms with E-state index in [1.165, 1.54) is 15.9 Å². The highest BCUT2D eigenvalue weighted by atomic mass is 79.9. The Balaban J connectivity index is 0.00000300. The molecule has 0 spiro atoms. The Morgan fingerprint density at radius 3 is 1.48 bits per heavy atom. The van der Waals surface area contributed by atoms with E-state index in [0.29, 0.717) is 6.42 Å². The van der Waals surface area contributed by atoms with Crippen LogP contribution in [-0.2, 0) is 0 Å². The van der Waals surface area contributed by atoms with Crippen molar-refractivity contribution in [3.8, 4) is 0 Å². The highest BCUT2D eigenvalue weighted by Gasteiger charge is 2.42. The number of hydrogen-bond donors (Lipinski definition) is 1. The molecule has 29 heavy (non-hydrogen) atoms. The van der Waals surface area contributed by atoms with Crippen LogP contribution in [-0.4, -0.2) is 11.2 Å². The average Bonchev–Trinajstić information content (AvgIpc) is 2.73. The van der Waals surface area contributed by atoms with Crippen molar-refractivity contribution in [2.45, 2.75) is 26.4 Å². The van der Waals surface area contributed by atoms with Gasteiger partial charge in [0.25, 0.3) is 0 Å². The predicted octanol–water partition coefficient (Wildman–Crippen LogP) is 2.22. The number of allylic oxidation sites excluding steroid dienone is 1. The number of aliphatic hydroxyl groups is 1. The summed E-state index contributed by atoms with van der Waals surface area (Å²) in [4.78, 5) is 0. The van der Waals surface area contributed by atoms with Gasteiger partial charge < -0.3 is 22.1 Å². The van der Waals surface area contributed by atoms with Gasteiger partial charge in [-0.15, -0.1) is 0 Å². The number of halogens is 1. The van der Waals surface area contributed by atoms with Gasteiger partial charge in [-0.1, -0.05) is 66.2 Å². The van der Waals surface area contributed by atoms with Gasteiger partial charge in [-0.25, -0.2) is 0 Å². The molecule has 1 atom stereocenters. The van der Waals surface area contributed by atoms with E-state index in [-0.39, 0.29) is 17.0 Å². The molecule has 1 unspecified atom stereocenters. The molecule has 0 aliphatic rings. The van der Waals surface area contributed by atoms with Gasteiger partial charge in [-0.3, -0.25) is 0 Å². The Bertz CT molecular complexity index is 820. The van der Waals surface area contributed by atoms with E-state index >= 15 is 0 Å². The van der Waals surface area contributed by atoms with Crippen molar-refractivity contribution in [3.05, 3.63) is 115 Å². The van der Waals surface area contributed by atoms with Crippen LogP contribution in [0.15, 0.2) is 115 Å². The molecule has 0 fully saturated rings. The van der Waals surface area contributed by atoms with Crippen molar-refractivity contribution in [2.24, 2.45) is 0 Å². The Morgan fingerprint density at radius 2 is 1.14 bits per heavy atom. The van der Waals surface area contributed by atoms with Gasteiger partial charge in [0, 0.05) is 0 Å². The van der Waals surface area contributed by atoms with Crippen molar-refractivity contribution < 1.29 is 22.1 Å². The van der Waals surface area contributed by atoms with Gasteiger partial charge in [0.15, 0.2) is 0 Å². The minimum absolute atomic E-state index is 0. The molecule has 3 aromatic carbocycles. The zero-order valence-corrected chi connectivity index (χ0v) is 19.4. The summed E-state index contributed by atoms with van der Waals surface area (Å²) in [7, 11) is -1.96. The van der Waals surface area contributed by atoms with Crippen molar-refractivity contribution >= 4 is 23.2 Å². The largest absolute Gasteiger partial charge is 1.00 e. The first kappa shape index (κ1) is 23.3. The van der Waals surface area contributed by atoms with Crippen LogP contribution >= 0.6 is 7.26 Å². The lowest BCUT2D eigenvalue weighted by molar-refractivity contribution is -0.00000747. The molecule has 0 amide bonds. The molecule has 0 radical (unpaired) electrons. The second-order valence-corrected chi connectivity index (χ2v) is 10.5. The standard InChI is InChI=1S/C26H28OP.BrH/c1-22(2)21-23(27)13-12-20-28(24-14-6-3-7-15-24,25-16-8-4-9-17-25)26-18-10-5-11-19-26;/h3-12,14-21,23,27H,13H2,1-2H3;1H/q+1;/p-1/b20-12+;. The quantitative estimate of drug-likeness (QED) is 0.418. The van der Waals surface area contributed by atoms with Crippen LogP contribution in [0.5, 0.6) is 0 Å². The maximum Gasteiger partial charge on any atom is 0.136 e. The summed E-state index contributed by atoms with van der Waals surface area (Å²) in [6, 6.07) is 32.2. The zero-order chi connectivity index (χ0) is 19.8. The summed E-state index contributed by atoms with van der Waals surface area (Å²) in [5.41, 5.74) is 1.14. The SMILES string of the molecule is CC(C)=CC(O)C/C=C/[P+](c1ccccc1)(c1ccccc1)c1ccccc1.[Br-]. The van der Waals surface area contributed by atoms with E-state index < -0.39 is 13.4 Å². The molecule has 3 heteroatoms. The Hall–Kier alpha value is -1.99. The number of rotatable bonds is 7. The molecule has 0 heterocycles. The first-order valence-corrected chi connectivity index (χ1v) is 11.5. The van der Waals surface area contributed by atoms with Crippen molar-refractivity contribution in [1.29, 1.82) is 0 Å². The minimum Gasteiger partial charge on any atom is -1.00 e. The zero-order valence-electron chi connectivity index (χ0n) is 16.9. The first-order chi connectivity index (χ1) is 13.6. The van der Waals surface area contributed by atoms with Gasteiger partial charge >= 0.3 is 0 Å². The lowest BCUT2D eigenvalue weighted by Gasteiger charge is -2.24. The molecular weight excluding hydrogens is 439 g/mol. The highest BCUT2D eigenvalue weighted by Crippen LogP contribution is 2.56. The average molecular weight is 467 g/mol. The van der Waals surface area contributed by atoms with Crippen molar-refractivity contribution in [1.82, 2.24) is 0 Å². The van der Waals surface area contributed by atoms with Crippen LogP contribution in [0.1, 0.15) is 20.3 Å². The number of aliphatic hydroxyl groups excluding tert-OH is 1. The lowest BCUT2D eigenvalue weighted by Crippen LogP contribution is -3.00. The van der Waals surface area contributed by atoms with Crippen LogP contribution < -0.4 is 32.9 Å². The van der Waals surface area contributed by atoms with Crippen LogP contribution in [0.3, 0.4) is 0 Å². The molecule has 0 aliphatic heterocycles. The van der Waals surface area contributed by atoms with Gasteiger partial charge in [-0.05, 0) is 62.7 Å². The second-order valence-electron chi connectivity index (χ2n) is 7.16. The lowest BCUT2D eigenvalue weighted by atomic mass is 10.2. The molecule has 3 aromatic rings. The third-order valence-electron chi connectivity index (χ3n) is 4.72. The molecule has 1 nitrogen and oxygen atoms in total. The maximum absolute atomic E-state index is 10.3. The Labute approximate surface area is 185 Å². The number of benzene rings is 3. The fraction of sp³-hybridized carbons (Fsp3) is 0.154. The third kappa shape index (κ3) is 5.76. The molecule has 1 N–H and O–H groups in total. The normalized spacial score (nSPS) is 12.2. The van der Waals surface area contributed by atoms with E-state index in [1.807, 2.05) is 19.9 Å². The van der Waals surface area contributed by atoms with Crippen LogP contribution in [0.4, 0.5) is 0 Å². The molecule has 0 aliphatic carbocycles. The summed E-state index contributed by atoms with van der Waals surface area (Å²) in [5.74, 6) is 2.36. The molecule has 0 saturated carbocycles. The minimum atomic E-state index is -1.96. The third-order valence-corrected chi connectivity index (χ3v) is 8.72. The van der Waals surface area contributed by atoms with Crippen molar-refractivity contribution in [2.75, 3.05) is 0 Å². The predicted molar refractivity (Wildman–Crippen MR) is 124 cm³/mol. The summed E-state index contributed by atoms with van der Waals surface area (Å²) in [6.07, 6.45) is 4.23. The van der Waals surface area contributed by atoms with E-state index in [0.717, 1.165) is 5.57 Å². The van der Waals surface area contributed by atoms with Crippen LogP contribution in [0, 0.1) is 0 Å². The maximum atomic E-state index is 10.3. The fourth-order valence-corrected chi connectivity index (χ4v) is 7.28. The second kappa shape index (κ2) is 11.3. The fourth-order valence-electron chi connectivity index (χ4n) is 3.51. The molecule has 0 saturated heterocycles. The Kier molecular flexibility index (Phi) is 9.04. The van der Waals surface area contributed by atoms with Crippen LogP contribution in [0.25, 0.3) is 0 Å². The number of hydrogen-bond acceptors (Lipinski definition) is 1. The van der Waals surface area contributed by atoms with E-state index in [2.05, 4.69) is 103 Å². The topological polar surface area (TPSA) is 20.2 Å². The first-order valence-electron chi connectivity index (χ1n) is 9.69. The molecule has 0 bridgehead atoms. The molecule has 3 rings (SSSR count). The van der Waals surface area contributed by atoms with Crippen LogP contribution in [0.2, 0.25) is 0 Å². The monoisotopic (exact) mass is 466 g/mol. The molecule has 0 aromatic heterocycles. The van der Waals surface area contributed by atoms with Gasteiger partial charge in [0.05, 0.1) is 11.9 Å². The summed E-state index contributed by atoms with van der Waals surface area (Å²) in [6.45, 7) is 4.03. The summed E-state index contributed by atoms with van der Waals surface area (Å²) < 4.78 is 0. The van der Waals surface area contributed by atoms with Gasteiger partial charge in [0.1, 0.15) is 23.2 Å².